The number of sulfone groups is 1. The van der Waals surface area contributed by atoms with Crippen molar-refractivity contribution in [3.63, 3.8) is 0 Å². The highest BCUT2D eigenvalue weighted by atomic mass is 32.2. The van der Waals surface area contributed by atoms with Crippen LogP contribution >= 0.6 is 0 Å². The zero-order chi connectivity index (χ0) is 14.6. The van der Waals surface area contributed by atoms with Gasteiger partial charge < -0.3 is 10.2 Å². The molecular formula is C14H23N3O2S. The van der Waals surface area contributed by atoms with Gasteiger partial charge in [-0.2, -0.15) is 0 Å². The quantitative estimate of drug-likeness (QED) is 0.905. The van der Waals surface area contributed by atoms with Crippen LogP contribution in [0.1, 0.15) is 26.0 Å². The number of nitrogens with one attached hydrogen (secondary N) is 1. The lowest BCUT2D eigenvalue weighted by Crippen LogP contribution is -2.27. The predicted octanol–water partition coefficient (Wildman–Crippen LogP) is 1.20. The van der Waals surface area contributed by atoms with E-state index in [4.69, 9.17) is 0 Å². The van der Waals surface area contributed by atoms with Gasteiger partial charge in [-0.25, -0.2) is 8.42 Å². The number of rotatable bonds is 4. The largest absolute Gasteiger partial charge is 0.370 e. The second-order valence-electron chi connectivity index (χ2n) is 5.53. The molecule has 0 aromatic carbocycles. The molecular weight excluding hydrogens is 274 g/mol. The monoisotopic (exact) mass is 297 g/mol. The van der Waals surface area contributed by atoms with Gasteiger partial charge in [0.25, 0.3) is 0 Å². The summed E-state index contributed by atoms with van der Waals surface area (Å²) < 4.78 is 23.3. The van der Waals surface area contributed by atoms with Crippen LogP contribution in [0.5, 0.6) is 0 Å². The first kappa shape index (κ1) is 15.3. The average molecular weight is 297 g/mol. The van der Waals surface area contributed by atoms with Crippen molar-refractivity contribution in [2.45, 2.75) is 32.9 Å². The SMILES string of the molecule is CC(C)NCc1cc(N2CCCS(=O)(=O)CC2)ccn1. The highest BCUT2D eigenvalue weighted by molar-refractivity contribution is 7.91. The maximum atomic E-state index is 11.6. The molecule has 0 radical (unpaired) electrons. The summed E-state index contributed by atoms with van der Waals surface area (Å²) in [6.45, 7) is 6.30. The van der Waals surface area contributed by atoms with Crippen molar-refractivity contribution in [3.8, 4) is 0 Å². The molecule has 20 heavy (non-hydrogen) atoms. The van der Waals surface area contributed by atoms with Gasteiger partial charge in [-0.3, -0.25) is 4.98 Å². The molecule has 0 amide bonds. The minimum absolute atomic E-state index is 0.245. The molecule has 1 saturated heterocycles. The van der Waals surface area contributed by atoms with Crippen molar-refractivity contribution in [1.29, 1.82) is 0 Å². The molecule has 1 fully saturated rings. The van der Waals surface area contributed by atoms with Crippen molar-refractivity contribution in [2.24, 2.45) is 0 Å². The van der Waals surface area contributed by atoms with Crippen LogP contribution in [-0.4, -0.2) is 44.0 Å². The maximum absolute atomic E-state index is 11.6. The number of pyridine rings is 1. The highest BCUT2D eigenvalue weighted by Crippen LogP contribution is 2.17. The maximum Gasteiger partial charge on any atom is 0.152 e. The van der Waals surface area contributed by atoms with E-state index in [2.05, 4.69) is 29.0 Å². The van der Waals surface area contributed by atoms with Gasteiger partial charge in [0.1, 0.15) is 0 Å². The minimum Gasteiger partial charge on any atom is -0.370 e. The first-order valence-corrected chi connectivity index (χ1v) is 8.92. The summed E-state index contributed by atoms with van der Waals surface area (Å²) in [6.07, 6.45) is 2.50. The lowest BCUT2D eigenvalue weighted by molar-refractivity contribution is 0.581. The molecule has 2 rings (SSSR count). The van der Waals surface area contributed by atoms with Gasteiger partial charge in [-0.05, 0) is 18.6 Å². The number of hydrogen-bond donors (Lipinski definition) is 1. The van der Waals surface area contributed by atoms with Crippen molar-refractivity contribution in [3.05, 3.63) is 24.0 Å². The third-order valence-corrected chi connectivity index (χ3v) is 5.13. The van der Waals surface area contributed by atoms with Crippen LogP contribution in [-0.2, 0) is 16.4 Å². The first-order chi connectivity index (χ1) is 9.46. The van der Waals surface area contributed by atoms with E-state index >= 15 is 0 Å². The van der Waals surface area contributed by atoms with Crippen molar-refractivity contribution in [1.82, 2.24) is 10.3 Å². The average Bonchev–Trinajstić information content (AvgIpc) is 2.58. The molecule has 0 atom stereocenters. The Morgan fingerprint density at radius 3 is 2.90 bits per heavy atom. The summed E-state index contributed by atoms with van der Waals surface area (Å²) in [5, 5.41) is 3.34. The molecule has 0 aliphatic carbocycles. The number of anilines is 1. The third kappa shape index (κ3) is 4.45. The Morgan fingerprint density at radius 2 is 2.15 bits per heavy atom. The van der Waals surface area contributed by atoms with Crippen LogP contribution in [0.15, 0.2) is 18.3 Å². The molecule has 1 aromatic heterocycles. The van der Waals surface area contributed by atoms with Crippen molar-refractivity contribution >= 4 is 15.5 Å². The van der Waals surface area contributed by atoms with Gasteiger partial charge in [-0.15, -0.1) is 0 Å². The standard InChI is InChI=1S/C14H23N3O2S/c1-12(2)16-11-13-10-14(4-5-15-13)17-6-3-8-20(18,19)9-7-17/h4-5,10,12,16H,3,6-9,11H2,1-2H3. The van der Waals surface area contributed by atoms with Crippen LogP contribution in [0.4, 0.5) is 5.69 Å². The third-order valence-electron chi connectivity index (χ3n) is 3.41. The van der Waals surface area contributed by atoms with Gasteiger partial charge in [0.05, 0.1) is 17.2 Å². The predicted molar refractivity (Wildman–Crippen MR) is 81.7 cm³/mol. The van der Waals surface area contributed by atoms with E-state index in [1.807, 2.05) is 12.1 Å². The zero-order valence-corrected chi connectivity index (χ0v) is 13.0. The van der Waals surface area contributed by atoms with Crippen LogP contribution in [0.25, 0.3) is 0 Å². The smallest absolute Gasteiger partial charge is 0.152 e. The molecule has 112 valence electrons. The van der Waals surface area contributed by atoms with Gasteiger partial charge in [0.2, 0.25) is 0 Å². The van der Waals surface area contributed by atoms with Gasteiger partial charge in [0, 0.05) is 37.6 Å². The summed E-state index contributed by atoms with van der Waals surface area (Å²) in [5.74, 6) is 0.547. The van der Waals surface area contributed by atoms with Crippen molar-refractivity contribution in [2.75, 3.05) is 29.5 Å². The Labute approximate surface area is 121 Å². The van der Waals surface area contributed by atoms with E-state index in [1.165, 1.54) is 0 Å². The normalized spacial score (nSPS) is 19.1. The fourth-order valence-corrected chi connectivity index (χ4v) is 3.54. The first-order valence-electron chi connectivity index (χ1n) is 7.10. The fourth-order valence-electron chi connectivity index (χ4n) is 2.26. The summed E-state index contributed by atoms with van der Waals surface area (Å²) >= 11 is 0. The second kappa shape index (κ2) is 6.54. The molecule has 0 bridgehead atoms. The highest BCUT2D eigenvalue weighted by Gasteiger charge is 2.19. The zero-order valence-electron chi connectivity index (χ0n) is 12.2. The van der Waals surface area contributed by atoms with E-state index < -0.39 is 9.84 Å². The summed E-state index contributed by atoms with van der Waals surface area (Å²) in [5.41, 5.74) is 2.06. The molecule has 0 saturated carbocycles. The van der Waals surface area contributed by atoms with Gasteiger partial charge >= 0.3 is 0 Å². The summed E-state index contributed by atoms with van der Waals surface area (Å²) in [6, 6.07) is 4.42. The lowest BCUT2D eigenvalue weighted by atomic mass is 10.2. The van der Waals surface area contributed by atoms with Gasteiger partial charge in [-0.1, -0.05) is 13.8 Å². The molecule has 2 heterocycles. The molecule has 0 unspecified atom stereocenters. The summed E-state index contributed by atoms with van der Waals surface area (Å²) in [7, 11) is -2.86. The van der Waals surface area contributed by atoms with E-state index in [1.54, 1.807) is 6.20 Å². The Morgan fingerprint density at radius 1 is 1.35 bits per heavy atom. The van der Waals surface area contributed by atoms with E-state index in [-0.39, 0.29) is 5.75 Å². The lowest BCUT2D eigenvalue weighted by Gasteiger charge is -2.22. The van der Waals surface area contributed by atoms with Crippen LogP contribution < -0.4 is 10.2 Å². The molecule has 1 N–H and O–H groups in total. The Bertz CT molecular complexity index is 543. The molecule has 0 spiro atoms. The Hall–Kier alpha value is -1.14. The molecule has 1 aromatic rings. The van der Waals surface area contributed by atoms with E-state index in [0.717, 1.165) is 24.5 Å². The summed E-state index contributed by atoms with van der Waals surface area (Å²) in [4.78, 5) is 6.49. The topological polar surface area (TPSA) is 62.3 Å². The minimum atomic E-state index is -2.86. The van der Waals surface area contributed by atoms with Gasteiger partial charge in [0.15, 0.2) is 9.84 Å². The second-order valence-corrected chi connectivity index (χ2v) is 7.84. The van der Waals surface area contributed by atoms with Crippen LogP contribution in [0.2, 0.25) is 0 Å². The van der Waals surface area contributed by atoms with E-state index in [0.29, 0.717) is 24.8 Å². The van der Waals surface area contributed by atoms with Crippen LogP contribution in [0, 0.1) is 0 Å². The molecule has 6 heteroatoms. The molecule has 1 aliphatic heterocycles. The number of nitrogens with zero attached hydrogens (tertiary/aromatic N) is 2. The molecule has 1 aliphatic rings. The molecule has 5 nitrogen and oxygen atoms in total. The van der Waals surface area contributed by atoms with Crippen LogP contribution in [0.3, 0.4) is 0 Å². The number of aromatic nitrogens is 1. The Balaban J connectivity index is 2.06. The fraction of sp³-hybridized carbons (Fsp3) is 0.643. The van der Waals surface area contributed by atoms with Crippen molar-refractivity contribution < 1.29 is 8.42 Å². The van der Waals surface area contributed by atoms with E-state index in [9.17, 15) is 8.42 Å². The number of hydrogen-bond acceptors (Lipinski definition) is 5. The Kier molecular flexibility index (Phi) is 4.99.